The Balaban J connectivity index is 1.73. The van der Waals surface area contributed by atoms with Crippen LogP contribution in [-0.2, 0) is 0 Å². The number of benzene rings is 3. The highest BCUT2D eigenvalue weighted by molar-refractivity contribution is 9.10. The SMILES string of the molecule is Cc1cccc2oc(-c3cc(N=Cc4cc(Br)ccc4O)ccc3O)nc12. The van der Waals surface area contributed by atoms with E-state index in [4.69, 9.17) is 4.42 Å². The van der Waals surface area contributed by atoms with Gasteiger partial charge in [0.15, 0.2) is 5.58 Å². The van der Waals surface area contributed by atoms with E-state index < -0.39 is 0 Å². The highest BCUT2D eigenvalue weighted by Gasteiger charge is 2.14. The number of rotatable bonds is 3. The van der Waals surface area contributed by atoms with Crippen molar-refractivity contribution < 1.29 is 14.6 Å². The van der Waals surface area contributed by atoms with Gasteiger partial charge in [0, 0.05) is 16.3 Å². The third-order valence-corrected chi connectivity index (χ3v) is 4.67. The van der Waals surface area contributed by atoms with Crippen molar-refractivity contribution in [3.05, 3.63) is 70.2 Å². The zero-order chi connectivity index (χ0) is 19.0. The number of para-hydroxylation sites is 1. The lowest BCUT2D eigenvalue weighted by Crippen LogP contribution is -1.83. The fraction of sp³-hybridized carbons (Fsp3) is 0.0476. The summed E-state index contributed by atoms with van der Waals surface area (Å²) in [7, 11) is 0. The molecule has 0 fully saturated rings. The molecular formula is C21H15BrN2O3. The van der Waals surface area contributed by atoms with E-state index in [1.54, 1.807) is 42.6 Å². The van der Waals surface area contributed by atoms with Gasteiger partial charge in [0.1, 0.15) is 17.0 Å². The second kappa shape index (κ2) is 6.89. The maximum atomic E-state index is 10.3. The van der Waals surface area contributed by atoms with Crippen molar-refractivity contribution in [2.75, 3.05) is 0 Å². The van der Waals surface area contributed by atoms with Crippen LogP contribution in [0.2, 0.25) is 0 Å². The average Bonchev–Trinajstić information content (AvgIpc) is 3.09. The number of aromatic hydroxyl groups is 2. The molecule has 5 nitrogen and oxygen atoms in total. The molecule has 0 spiro atoms. The number of nitrogens with zero attached hydrogens (tertiary/aromatic N) is 2. The molecule has 0 saturated carbocycles. The lowest BCUT2D eigenvalue weighted by atomic mass is 10.1. The maximum Gasteiger partial charge on any atom is 0.231 e. The smallest absolute Gasteiger partial charge is 0.231 e. The number of phenols is 2. The predicted octanol–water partition coefficient (Wildman–Crippen LogP) is 5.73. The van der Waals surface area contributed by atoms with E-state index in [1.165, 1.54) is 0 Å². The van der Waals surface area contributed by atoms with Crippen molar-refractivity contribution in [3.8, 4) is 23.0 Å². The lowest BCUT2D eigenvalue weighted by Gasteiger charge is -2.02. The molecule has 0 atom stereocenters. The van der Waals surface area contributed by atoms with Gasteiger partial charge in [-0.25, -0.2) is 4.98 Å². The highest BCUT2D eigenvalue weighted by atomic mass is 79.9. The van der Waals surface area contributed by atoms with Crippen LogP contribution in [0.1, 0.15) is 11.1 Å². The summed E-state index contributed by atoms with van der Waals surface area (Å²) in [5, 5.41) is 20.2. The van der Waals surface area contributed by atoms with Gasteiger partial charge >= 0.3 is 0 Å². The van der Waals surface area contributed by atoms with Gasteiger partial charge in [-0.2, -0.15) is 0 Å². The van der Waals surface area contributed by atoms with E-state index >= 15 is 0 Å². The standard InChI is InChI=1S/C21H15BrN2O3/c1-12-3-2-4-19-20(12)24-21(27-19)16-10-15(6-8-18(16)26)23-11-13-9-14(22)5-7-17(13)25/h2-11,25-26H,1H3. The van der Waals surface area contributed by atoms with Gasteiger partial charge in [0.2, 0.25) is 5.89 Å². The van der Waals surface area contributed by atoms with Crippen molar-refractivity contribution in [3.63, 3.8) is 0 Å². The largest absolute Gasteiger partial charge is 0.507 e. The average molecular weight is 423 g/mol. The minimum absolute atomic E-state index is 0.0588. The summed E-state index contributed by atoms with van der Waals surface area (Å²) in [5.41, 5.74) is 4.06. The quantitative estimate of drug-likeness (QED) is 0.413. The Hall–Kier alpha value is -3.12. The Morgan fingerprint density at radius 2 is 1.85 bits per heavy atom. The molecule has 6 heteroatoms. The first-order valence-corrected chi connectivity index (χ1v) is 9.03. The first-order chi connectivity index (χ1) is 13.0. The molecular weight excluding hydrogens is 408 g/mol. The minimum atomic E-state index is 0.0588. The Kier molecular flexibility index (Phi) is 4.41. The molecule has 27 heavy (non-hydrogen) atoms. The van der Waals surface area contributed by atoms with Crippen LogP contribution >= 0.6 is 15.9 Å². The van der Waals surface area contributed by atoms with Crippen molar-refractivity contribution in [2.24, 2.45) is 4.99 Å². The molecule has 0 amide bonds. The summed E-state index contributed by atoms with van der Waals surface area (Å²) in [6.45, 7) is 1.96. The van der Waals surface area contributed by atoms with E-state index in [1.807, 2.05) is 25.1 Å². The fourth-order valence-corrected chi connectivity index (χ4v) is 3.13. The molecule has 0 aliphatic rings. The van der Waals surface area contributed by atoms with Crippen LogP contribution in [-0.4, -0.2) is 21.4 Å². The van der Waals surface area contributed by atoms with Crippen LogP contribution in [0.4, 0.5) is 5.69 Å². The summed E-state index contributed by atoms with van der Waals surface area (Å²) >= 11 is 3.37. The van der Waals surface area contributed by atoms with Gasteiger partial charge in [-0.1, -0.05) is 28.1 Å². The number of halogens is 1. The topological polar surface area (TPSA) is 78.9 Å². The monoisotopic (exact) mass is 422 g/mol. The van der Waals surface area contributed by atoms with Crippen LogP contribution in [0.25, 0.3) is 22.6 Å². The van der Waals surface area contributed by atoms with Gasteiger partial charge in [0.25, 0.3) is 0 Å². The molecule has 2 N–H and O–H groups in total. The zero-order valence-corrected chi connectivity index (χ0v) is 15.9. The van der Waals surface area contributed by atoms with E-state index in [2.05, 4.69) is 25.9 Å². The number of aromatic nitrogens is 1. The molecule has 3 aromatic carbocycles. The van der Waals surface area contributed by atoms with Crippen molar-refractivity contribution in [1.29, 1.82) is 0 Å². The van der Waals surface area contributed by atoms with Gasteiger partial charge in [-0.3, -0.25) is 4.99 Å². The Morgan fingerprint density at radius 3 is 2.67 bits per heavy atom. The Labute approximate surface area is 163 Å². The maximum absolute atomic E-state index is 10.3. The normalized spacial score (nSPS) is 11.5. The number of hydrogen-bond acceptors (Lipinski definition) is 5. The molecule has 1 heterocycles. The Bertz CT molecular complexity index is 1180. The second-order valence-electron chi connectivity index (χ2n) is 6.10. The lowest BCUT2D eigenvalue weighted by molar-refractivity contribution is 0.473. The van der Waals surface area contributed by atoms with Crippen LogP contribution in [0.3, 0.4) is 0 Å². The Morgan fingerprint density at radius 1 is 1.04 bits per heavy atom. The summed E-state index contributed by atoms with van der Waals surface area (Å²) in [4.78, 5) is 8.89. The molecule has 0 aliphatic carbocycles. The number of phenolic OH excluding ortho intramolecular Hbond substituents is 2. The molecule has 4 aromatic rings. The summed E-state index contributed by atoms with van der Waals surface area (Å²) in [5.74, 6) is 0.526. The number of fused-ring (bicyclic) bond motifs is 1. The third-order valence-electron chi connectivity index (χ3n) is 4.17. The molecule has 0 unspecified atom stereocenters. The van der Waals surface area contributed by atoms with Crippen molar-refractivity contribution in [1.82, 2.24) is 4.98 Å². The third kappa shape index (κ3) is 3.44. The van der Waals surface area contributed by atoms with Crippen LogP contribution in [0.15, 0.2) is 68.5 Å². The summed E-state index contributed by atoms with van der Waals surface area (Å²) in [6, 6.07) is 15.7. The van der Waals surface area contributed by atoms with E-state index in [9.17, 15) is 10.2 Å². The summed E-state index contributed by atoms with van der Waals surface area (Å²) < 4.78 is 6.64. The number of hydrogen-bond donors (Lipinski definition) is 2. The molecule has 0 aliphatic heterocycles. The molecule has 1 aromatic heterocycles. The number of aliphatic imine (C=N–C) groups is 1. The van der Waals surface area contributed by atoms with Crippen LogP contribution < -0.4 is 0 Å². The van der Waals surface area contributed by atoms with E-state index in [0.29, 0.717) is 28.3 Å². The molecule has 4 rings (SSSR count). The van der Waals surface area contributed by atoms with Crippen molar-refractivity contribution in [2.45, 2.75) is 6.92 Å². The molecule has 0 saturated heterocycles. The minimum Gasteiger partial charge on any atom is -0.507 e. The van der Waals surface area contributed by atoms with Crippen molar-refractivity contribution >= 4 is 38.9 Å². The molecule has 0 bridgehead atoms. The van der Waals surface area contributed by atoms with Crippen LogP contribution in [0.5, 0.6) is 11.5 Å². The predicted molar refractivity (Wildman–Crippen MR) is 109 cm³/mol. The summed E-state index contributed by atoms with van der Waals surface area (Å²) in [6.07, 6.45) is 1.56. The van der Waals surface area contributed by atoms with Gasteiger partial charge in [-0.05, 0) is 55.0 Å². The van der Waals surface area contributed by atoms with Crippen LogP contribution in [0, 0.1) is 6.92 Å². The highest BCUT2D eigenvalue weighted by Crippen LogP contribution is 2.34. The second-order valence-corrected chi connectivity index (χ2v) is 7.02. The molecule has 0 radical (unpaired) electrons. The molecule has 134 valence electrons. The van der Waals surface area contributed by atoms with E-state index in [0.717, 1.165) is 15.6 Å². The first-order valence-electron chi connectivity index (χ1n) is 8.23. The zero-order valence-electron chi connectivity index (χ0n) is 14.3. The fourth-order valence-electron chi connectivity index (χ4n) is 2.75. The number of oxazole rings is 1. The van der Waals surface area contributed by atoms with Gasteiger partial charge < -0.3 is 14.6 Å². The van der Waals surface area contributed by atoms with E-state index in [-0.39, 0.29) is 11.5 Å². The van der Waals surface area contributed by atoms with Gasteiger partial charge in [-0.15, -0.1) is 0 Å². The van der Waals surface area contributed by atoms with Gasteiger partial charge in [0.05, 0.1) is 11.3 Å². The number of aryl methyl sites for hydroxylation is 1. The first kappa shape index (κ1) is 17.3.